The molecular weight excluding hydrogens is 346 g/mol. The van der Waals surface area contributed by atoms with Crippen molar-refractivity contribution in [3.63, 3.8) is 0 Å². The molecule has 5 nitrogen and oxygen atoms in total. The number of benzene rings is 1. The Morgan fingerprint density at radius 1 is 1.31 bits per heavy atom. The predicted molar refractivity (Wildman–Crippen MR) is 105 cm³/mol. The number of likely N-dealkylation sites (tertiary alicyclic amines) is 1. The Morgan fingerprint density at radius 3 is 2.65 bits per heavy atom. The molecule has 6 heteroatoms. The van der Waals surface area contributed by atoms with Crippen molar-refractivity contribution < 1.29 is 9.53 Å². The number of hydrogen-bond acceptors (Lipinski definition) is 4. The maximum atomic E-state index is 12.6. The first-order chi connectivity index (χ1) is 12.4. The van der Waals surface area contributed by atoms with Gasteiger partial charge in [0.15, 0.2) is 0 Å². The average molecular weight is 374 g/mol. The van der Waals surface area contributed by atoms with Gasteiger partial charge in [-0.2, -0.15) is 0 Å². The fraction of sp³-hybridized carbons (Fsp3) is 0.500. The molecule has 3 rings (SSSR count). The van der Waals surface area contributed by atoms with Crippen molar-refractivity contribution in [3.05, 3.63) is 45.4 Å². The lowest BCUT2D eigenvalue weighted by Gasteiger charge is -2.33. The number of hydrogen-bond donors (Lipinski definition) is 1. The largest absolute Gasteiger partial charge is 0.490 e. The third-order valence-corrected chi connectivity index (χ3v) is 5.61. The van der Waals surface area contributed by atoms with Crippen LogP contribution in [0.3, 0.4) is 0 Å². The van der Waals surface area contributed by atoms with E-state index in [0.717, 1.165) is 29.3 Å². The topological polar surface area (TPSA) is 54.5 Å². The lowest BCUT2D eigenvalue weighted by molar-refractivity contribution is 0.110. The average Bonchev–Trinajstić information content (AvgIpc) is 2.94. The van der Waals surface area contributed by atoms with Gasteiger partial charge in [-0.25, -0.2) is 9.78 Å². The van der Waals surface area contributed by atoms with Crippen molar-refractivity contribution in [2.24, 2.45) is 0 Å². The molecule has 0 unspecified atom stereocenters. The summed E-state index contributed by atoms with van der Waals surface area (Å²) in [6.07, 6.45) is 1.87. The molecule has 0 saturated carbocycles. The Bertz CT molecular complexity index is 766. The van der Waals surface area contributed by atoms with Gasteiger partial charge in [-0.3, -0.25) is 0 Å². The van der Waals surface area contributed by atoms with Crippen LogP contribution in [0.1, 0.15) is 46.9 Å². The molecule has 2 aromatic rings. The van der Waals surface area contributed by atoms with Crippen molar-refractivity contribution in [1.29, 1.82) is 0 Å². The predicted octanol–water partition coefficient (Wildman–Crippen LogP) is 4.38. The molecule has 140 valence electrons. The number of nitrogens with zero attached hydrogens (tertiary/aromatic N) is 2. The summed E-state index contributed by atoms with van der Waals surface area (Å²) in [5.41, 5.74) is 2.17. The number of carbonyl (C=O) groups excluding carboxylic acids is 1. The van der Waals surface area contributed by atoms with E-state index < -0.39 is 0 Å². The molecule has 1 aliphatic heterocycles. The third-order valence-electron chi connectivity index (χ3n) is 4.71. The van der Waals surface area contributed by atoms with Crippen LogP contribution in [0.5, 0.6) is 5.75 Å². The number of rotatable bonds is 4. The number of aryl methyl sites for hydroxylation is 3. The monoisotopic (exact) mass is 373 g/mol. The summed E-state index contributed by atoms with van der Waals surface area (Å²) in [4.78, 5) is 20.1. The molecule has 1 aromatic carbocycles. The van der Waals surface area contributed by atoms with E-state index in [0.29, 0.717) is 13.1 Å². The van der Waals surface area contributed by atoms with Crippen LogP contribution >= 0.6 is 11.3 Å². The van der Waals surface area contributed by atoms with Gasteiger partial charge >= 0.3 is 6.03 Å². The first-order valence-corrected chi connectivity index (χ1v) is 9.96. The zero-order valence-electron chi connectivity index (χ0n) is 15.9. The number of aromatic nitrogens is 1. The molecule has 26 heavy (non-hydrogen) atoms. The Morgan fingerprint density at radius 2 is 2.04 bits per heavy atom. The summed E-state index contributed by atoms with van der Waals surface area (Å²) in [5, 5.41) is 4.12. The van der Waals surface area contributed by atoms with Crippen molar-refractivity contribution >= 4 is 17.4 Å². The summed E-state index contributed by atoms with van der Waals surface area (Å²) in [5.74, 6) is 0.913. The van der Waals surface area contributed by atoms with Crippen LogP contribution in [0.25, 0.3) is 0 Å². The lowest BCUT2D eigenvalue weighted by Crippen LogP contribution is -2.47. The first-order valence-electron chi connectivity index (χ1n) is 9.15. The van der Waals surface area contributed by atoms with Crippen molar-refractivity contribution in [3.8, 4) is 5.75 Å². The Labute approximate surface area is 159 Å². The molecule has 1 atom stereocenters. The number of ether oxygens (including phenoxy) is 1. The van der Waals surface area contributed by atoms with Crippen molar-refractivity contribution in [1.82, 2.24) is 15.2 Å². The highest BCUT2D eigenvalue weighted by Gasteiger charge is 2.25. The quantitative estimate of drug-likeness (QED) is 0.865. The van der Waals surface area contributed by atoms with Gasteiger partial charge in [0.2, 0.25) is 0 Å². The van der Waals surface area contributed by atoms with Gasteiger partial charge < -0.3 is 15.0 Å². The molecule has 1 fully saturated rings. The fourth-order valence-electron chi connectivity index (χ4n) is 3.35. The minimum absolute atomic E-state index is 0.0171. The number of piperidine rings is 1. The van der Waals surface area contributed by atoms with Gasteiger partial charge in [-0.05, 0) is 45.4 Å². The highest BCUT2D eigenvalue weighted by Crippen LogP contribution is 2.23. The molecule has 0 radical (unpaired) electrons. The highest BCUT2D eigenvalue weighted by molar-refractivity contribution is 7.11. The highest BCUT2D eigenvalue weighted by atomic mass is 32.1. The fourth-order valence-corrected chi connectivity index (χ4v) is 4.26. The molecule has 1 N–H and O–H groups in total. The van der Waals surface area contributed by atoms with Crippen LogP contribution in [0.4, 0.5) is 4.79 Å². The smallest absolute Gasteiger partial charge is 0.317 e. The molecule has 1 aromatic heterocycles. The van der Waals surface area contributed by atoms with Crippen LogP contribution in [-0.2, 0) is 0 Å². The number of carbonyl (C=O) groups is 1. The maximum absolute atomic E-state index is 12.6. The van der Waals surface area contributed by atoms with E-state index in [-0.39, 0.29) is 18.2 Å². The van der Waals surface area contributed by atoms with E-state index in [1.807, 2.05) is 30.9 Å². The van der Waals surface area contributed by atoms with Crippen LogP contribution < -0.4 is 10.1 Å². The number of amides is 2. The molecule has 0 bridgehead atoms. The summed E-state index contributed by atoms with van der Waals surface area (Å²) < 4.78 is 6.07. The van der Waals surface area contributed by atoms with E-state index >= 15 is 0 Å². The normalized spacial score (nSPS) is 16.4. The maximum Gasteiger partial charge on any atom is 0.317 e. The second-order valence-corrected chi connectivity index (χ2v) is 8.37. The minimum atomic E-state index is -0.0753. The van der Waals surface area contributed by atoms with Crippen LogP contribution in [0.2, 0.25) is 0 Å². The Hall–Kier alpha value is -2.08. The van der Waals surface area contributed by atoms with E-state index in [4.69, 9.17) is 4.74 Å². The molecule has 2 heterocycles. The van der Waals surface area contributed by atoms with Crippen LogP contribution in [-0.4, -0.2) is 35.1 Å². The van der Waals surface area contributed by atoms with Gasteiger partial charge in [-0.15, -0.1) is 11.3 Å². The molecule has 0 aliphatic carbocycles. The Kier molecular flexibility index (Phi) is 5.81. The molecule has 1 aliphatic rings. The third kappa shape index (κ3) is 4.55. The zero-order valence-corrected chi connectivity index (χ0v) is 16.7. The number of nitrogens with one attached hydrogen (secondary N) is 1. The SMILES string of the molecule is Cc1cccc(OC2CCN(C(=O)N[C@H](C)c3nc(C)sc3C)CC2)c1. The number of thiazole rings is 1. The van der Waals surface area contributed by atoms with Gasteiger partial charge in [0.05, 0.1) is 16.7 Å². The van der Waals surface area contributed by atoms with E-state index in [1.54, 1.807) is 11.3 Å². The summed E-state index contributed by atoms with van der Waals surface area (Å²) in [6.45, 7) is 9.53. The summed E-state index contributed by atoms with van der Waals surface area (Å²) in [7, 11) is 0. The van der Waals surface area contributed by atoms with Crippen LogP contribution in [0.15, 0.2) is 24.3 Å². The van der Waals surface area contributed by atoms with Gasteiger partial charge in [0, 0.05) is 30.8 Å². The van der Waals surface area contributed by atoms with Gasteiger partial charge in [-0.1, -0.05) is 12.1 Å². The Balaban J connectivity index is 1.49. The zero-order chi connectivity index (χ0) is 18.7. The minimum Gasteiger partial charge on any atom is -0.490 e. The lowest BCUT2D eigenvalue weighted by atomic mass is 10.1. The summed E-state index contributed by atoms with van der Waals surface area (Å²) >= 11 is 1.67. The van der Waals surface area contributed by atoms with E-state index in [2.05, 4.69) is 36.3 Å². The van der Waals surface area contributed by atoms with Gasteiger partial charge in [0.25, 0.3) is 0 Å². The van der Waals surface area contributed by atoms with Crippen molar-refractivity contribution in [2.75, 3.05) is 13.1 Å². The molecule has 0 spiro atoms. The second kappa shape index (κ2) is 8.08. The molecule has 1 saturated heterocycles. The first kappa shape index (κ1) is 18.7. The molecule has 2 amide bonds. The second-order valence-electron chi connectivity index (χ2n) is 6.97. The van der Waals surface area contributed by atoms with E-state index in [1.165, 1.54) is 10.4 Å². The van der Waals surface area contributed by atoms with Crippen molar-refractivity contribution in [2.45, 2.75) is 52.7 Å². The van der Waals surface area contributed by atoms with Crippen LogP contribution in [0, 0.1) is 20.8 Å². The molecular formula is C20H27N3O2S. The van der Waals surface area contributed by atoms with Gasteiger partial charge in [0.1, 0.15) is 11.9 Å². The number of urea groups is 1. The van der Waals surface area contributed by atoms with E-state index in [9.17, 15) is 4.79 Å². The summed E-state index contributed by atoms with van der Waals surface area (Å²) in [6, 6.07) is 8.03. The standard InChI is InChI=1S/C20H27N3O2S/c1-13-6-5-7-18(12-13)25-17-8-10-23(11-9-17)20(24)21-14(2)19-15(3)26-16(4)22-19/h5-7,12,14,17H,8-11H2,1-4H3,(H,21,24)/t14-/m1/s1.